The molecule has 2 aromatic heterocycles. The lowest BCUT2D eigenvalue weighted by Gasteiger charge is -2.18. The van der Waals surface area contributed by atoms with E-state index in [1.165, 1.54) is 5.56 Å². The Hall–Kier alpha value is -3.25. The summed E-state index contributed by atoms with van der Waals surface area (Å²) in [6.45, 7) is 17.4. The maximum atomic E-state index is 6.44. The van der Waals surface area contributed by atoms with Gasteiger partial charge in [0.05, 0.1) is 5.69 Å². The van der Waals surface area contributed by atoms with Crippen molar-refractivity contribution in [3.8, 4) is 0 Å². The van der Waals surface area contributed by atoms with Crippen LogP contribution >= 0.6 is 0 Å². The number of nitrogens with one attached hydrogen (secondary N) is 2. The molecule has 0 aliphatic heterocycles. The van der Waals surface area contributed by atoms with E-state index in [4.69, 9.17) is 13.6 Å². The summed E-state index contributed by atoms with van der Waals surface area (Å²) in [5.74, 6) is 0. The average molecular weight is 469 g/mol. The summed E-state index contributed by atoms with van der Waals surface area (Å²) in [4.78, 5) is 9.42. The van der Waals surface area contributed by atoms with Crippen LogP contribution in [-0.2, 0) is 6.54 Å². The van der Waals surface area contributed by atoms with Crippen LogP contribution in [0.1, 0.15) is 51.5 Å². The van der Waals surface area contributed by atoms with Crippen molar-refractivity contribution in [1.29, 1.82) is 0 Å². The summed E-state index contributed by atoms with van der Waals surface area (Å²) in [5, 5.41) is 5.23. The lowest BCUT2D eigenvalue weighted by Crippen LogP contribution is -2.28. The van der Waals surface area contributed by atoms with Gasteiger partial charge in [0, 0.05) is 66.3 Å². The Morgan fingerprint density at radius 2 is 2.03 bits per heavy atom. The second-order valence-electron chi connectivity index (χ2n) is 8.88. The molecule has 0 saturated carbocycles. The van der Waals surface area contributed by atoms with E-state index in [1.807, 2.05) is 44.6 Å². The number of unbranched alkanes of at least 4 members (excludes halogenated alkanes) is 1. The highest BCUT2D eigenvalue weighted by Gasteiger charge is 2.12. The van der Waals surface area contributed by atoms with Crippen LogP contribution in [-0.4, -0.2) is 35.8 Å². The predicted molar refractivity (Wildman–Crippen MR) is 152 cm³/mol. The van der Waals surface area contributed by atoms with Gasteiger partial charge in [-0.1, -0.05) is 57.1 Å². The monoisotopic (exact) mass is 469 g/mol. The van der Waals surface area contributed by atoms with E-state index in [-0.39, 0.29) is 6.04 Å². The molecule has 0 fully saturated rings. The standard InChI is InChI=1S/C29H40BN5/c1-7-10-11-25(31)12-13-26(27(30)9-3)29-22(5)33-18-28(29)34-21(4)24(8-2)20-35(6)19-23-14-16-32-17-15-23/h8-9,14-18,20,25,33-34H,2,4-5,7,10-13,19,31H2,1,3,6H3/b24-20+,27-9+,29-26+. The number of H-pyrrole nitrogens is 1. The second-order valence-corrected chi connectivity index (χ2v) is 8.88. The Morgan fingerprint density at radius 3 is 2.66 bits per heavy atom. The molecule has 2 radical (unpaired) electrons. The zero-order valence-corrected chi connectivity index (χ0v) is 21.6. The van der Waals surface area contributed by atoms with Gasteiger partial charge in [0.15, 0.2) is 0 Å². The van der Waals surface area contributed by atoms with Gasteiger partial charge >= 0.3 is 0 Å². The molecular weight excluding hydrogens is 429 g/mol. The zero-order valence-electron chi connectivity index (χ0n) is 21.6. The Morgan fingerprint density at radius 1 is 1.31 bits per heavy atom. The molecule has 2 rings (SSSR count). The van der Waals surface area contributed by atoms with E-state index in [0.29, 0.717) is 0 Å². The first kappa shape index (κ1) is 28.0. The fraction of sp³-hybridized carbons (Fsp3) is 0.345. The number of aromatic amines is 1. The number of pyridine rings is 1. The number of anilines is 1. The third-order valence-electron chi connectivity index (χ3n) is 6.01. The first-order valence-corrected chi connectivity index (χ1v) is 12.3. The number of aromatic nitrogens is 2. The van der Waals surface area contributed by atoms with Gasteiger partial charge in [-0.05, 0) is 49.5 Å². The van der Waals surface area contributed by atoms with E-state index >= 15 is 0 Å². The van der Waals surface area contributed by atoms with Gasteiger partial charge in [0.2, 0.25) is 0 Å². The molecular formula is C29H40BN5. The second kappa shape index (κ2) is 14.2. The van der Waals surface area contributed by atoms with Gasteiger partial charge in [0.25, 0.3) is 0 Å². The third-order valence-corrected chi connectivity index (χ3v) is 6.01. The number of hydrogen-bond donors (Lipinski definition) is 3. The van der Waals surface area contributed by atoms with Crippen LogP contribution in [0.15, 0.2) is 79.0 Å². The topological polar surface area (TPSA) is 70.0 Å². The number of allylic oxidation sites excluding steroid dienone is 3. The van der Waals surface area contributed by atoms with Crippen molar-refractivity contribution in [3.05, 3.63) is 95.1 Å². The Bertz CT molecular complexity index is 1140. The molecule has 4 N–H and O–H groups in total. The van der Waals surface area contributed by atoms with E-state index in [0.717, 1.165) is 77.2 Å². The van der Waals surface area contributed by atoms with Gasteiger partial charge in [0.1, 0.15) is 7.85 Å². The molecule has 2 aromatic rings. The predicted octanol–water partition coefficient (Wildman–Crippen LogP) is 4.47. The van der Waals surface area contributed by atoms with Crippen molar-refractivity contribution in [1.82, 2.24) is 14.9 Å². The van der Waals surface area contributed by atoms with Crippen molar-refractivity contribution < 1.29 is 0 Å². The molecule has 0 saturated heterocycles. The van der Waals surface area contributed by atoms with Crippen LogP contribution in [0.4, 0.5) is 5.69 Å². The summed E-state index contributed by atoms with van der Waals surface area (Å²) in [6, 6.07) is 4.16. The molecule has 0 bridgehead atoms. The molecule has 1 unspecified atom stereocenters. The van der Waals surface area contributed by atoms with Crippen LogP contribution in [0.2, 0.25) is 0 Å². The summed E-state index contributed by atoms with van der Waals surface area (Å²) in [6.07, 6.45) is 16.2. The van der Waals surface area contributed by atoms with Crippen molar-refractivity contribution >= 4 is 25.7 Å². The molecule has 0 amide bonds. The van der Waals surface area contributed by atoms with Crippen molar-refractivity contribution in [2.24, 2.45) is 5.73 Å². The van der Waals surface area contributed by atoms with Crippen LogP contribution in [0, 0.1) is 0 Å². The summed E-state index contributed by atoms with van der Waals surface area (Å²) in [5.41, 5.74) is 11.8. The highest BCUT2D eigenvalue weighted by molar-refractivity contribution is 6.28. The van der Waals surface area contributed by atoms with Crippen molar-refractivity contribution in [2.45, 2.75) is 58.5 Å². The van der Waals surface area contributed by atoms with Gasteiger partial charge in [-0.15, -0.1) is 0 Å². The molecule has 35 heavy (non-hydrogen) atoms. The average Bonchev–Trinajstić information content (AvgIpc) is 3.21. The lowest BCUT2D eigenvalue weighted by molar-refractivity contribution is 0.448. The molecule has 1 atom stereocenters. The van der Waals surface area contributed by atoms with E-state index in [2.05, 4.69) is 46.8 Å². The minimum Gasteiger partial charge on any atom is -0.376 e. The summed E-state index contributed by atoms with van der Waals surface area (Å²) in [7, 11) is 8.46. The maximum absolute atomic E-state index is 6.44. The molecule has 5 nitrogen and oxygen atoms in total. The number of nitrogens with zero attached hydrogens (tertiary/aromatic N) is 2. The Balaban J connectivity index is 2.30. The summed E-state index contributed by atoms with van der Waals surface area (Å²) < 4.78 is 0. The molecule has 0 aliphatic carbocycles. The molecule has 184 valence electrons. The molecule has 0 spiro atoms. The third kappa shape index (κ3) is 8.48. The minimum atomic E-state index is 0.152. The fourth-order valence-electron chi connectivity index (χ4n) is 3.99. The smallest absolute Gasteiger partial charge is 0.113 e. The van der Waals surface area contributed by atoms with Crippen LogP contribution in [0.25, 0.3) is 12.2 Å². The van der Waals surface area contributed by atoms with Gasteiger partial charge in [-0.25, -0.2) is 0 Å². The Labute approximate surface area is 212 Å². The van der Waals surface area contributed by atoms with E-state index in [1.54, 1.807) is 18.5 Å². The highest BCUT2D eigenvalue weighted by Crippen LogP contribution is 2.19. The lowest BCUT2D eigenvalue weighted by atomic mass is 9.83. The first-order chi connectivity index (χ1) is 16.8. The van der Waals surface area contributed by atoms with E-state index < -0.39 is 0 Å². The maximum Gasteiger partial charge on any atom is 0.113 e. The molecule has 6 heteroatoms. The van der Waals surface area contributed by atoms with Crippen molar-refractivity contribution in [2.75, 3.05) is 12.4 Å². The first-order valence-electron chi connectivity index (χ1n) is 12.3. The number of hydrogen-bond acceptors (Lipinski definition) is 4. The summed E-state index contributed by atoms with van der Waals surface area (Å²) >= 11 is 0. The fourth-order valence-corrected chi connectivity index (χ4v) is 3.99. The number of nitrogens with two attached hydrogens (primary N) is 1. The van der Waals surface area contributed by atoms with Crippen molar-refractivity contribution in [3.63, 3.8) is 0 Å². The van der Waals surface area contributed by atoms with Gasteiger partial charge < -0.3 is 20.9 Å². The van der Waals surface area contributed by atoms with Crippen LogP contribution < -0.4 is 21.6 Å². The quantitative estimate of drug-likeness (QED) is 0.282. The molecule has 0 aliphatic rings. The molecule has 2 heterocycles. The Kier molecular flexibility index (Phi) is 11.4. The zero-order chi connectivity index (χ0) is 25.8. The largest absolute Gasteiger partial charge is 0.376 e. The number of rotatable bonds is 14. The molecule has 0 aromatic carbocycles. The van der Waals surface area contributed by atoms with Gasteiger partial charge in [-0.3, -0.25) is 4.98 Å². The van der Waals surface area contributed by atoms with Crippen LogP contribution in [0.5, 0.6) is 0 Å². The normalized spacial score (nSPS) is 13.8. The van der Waals surface area contributed by atoms with Gasteiger partial charge in [-0.2, -0.15) is 0 Å². The SMILES string of the molecule is [B]C(=C/C)/C(CCC(N)CCCC)=c1/c(NC(=C)/C(C=C)=C/N(C)Cc2ccncc2)c[nH]c1=C. The van der Waals surface area contributed by atoms with Crippen LogP contribution in [0.3, 0.4) is 0 Å². The minimum absolute atomic E-state index is 0.152. The highest BCUT2D eigenvalue weighted by atomic mass is 15.1. The van der Waals surface area contributed by atoms with E-state index in [9.17, 15) is 0 Å².